The first-order valence-corrected chi connectivity index (χ1v) is 20.5. The number of rotatable bonds is 17. The molecule has 0 aliphatic rings. The van der Waals surface area contributed by atoms with Crippen LogP contribution in [0.15, 0.2) is 55.6 Å². The minimum absolute atomic E-state index is 0.206. The van der Waals surface area contributed by atoms with Crippen LogP contribution < -0.4 is 22.2 Å². The molecule has 0 aliphatic carbocycles. The van der Waals surface area contributed by atoms with Gasteiger partial charge < -0.3 is 4.57 Å². The van der Waals surface area contributed by atoms with Crippen molar-refractivity contribution >= 4 is 75.7 Å². The highest BCUT2D eigenvalue weighted by Gasteiger charge is 2.29. The molecule has 0 aliphatic heterocycles. The van der Waals surface area contributed by atoms with E-state index in [1.165, 1.54) is 34.8 Å². The second-order valence-corrected chi connectivity index (χ2v) is 16.3. The summed E-state index contributed by atoms with van der Waals surface area (Å²) in [6, 6.07) is 11.9. The summed E-state index contributed by atoms with van der Waals surface area (Å²) >= 11 is 0. The molecule has 276 valence electrons. The van der Waals surface area contributed by atoms with Crippen LogP contribution in [0.3, 0.4) is 0 Å². The third-order valence-electron chi connectivity index (χ3n) is 12.4. The van der Waals surface area contributed by atoms with E-state index in [4.69, 9.17) is 0 Å². The Morgan fingerprint density at radius 2 is 0.830 bits per heavy atom. The van der Waals surface area contributed by atoms with Crippen LogP contribution in [0.1, 0.15) is 112 Å². The molecule has 0 radical (unpaired) electrons. The highest BCUT2D eigenvalue weighted by Crippen LogP contribution is 2.49. The van der Waals surface area contributed by atoms with Crippen molar-refractivity contribution in [2.24, 2.45) is 11.8 Å². The van der Waals surface area contributed by atoms with E-state index in [9.17, 15) is 19.2 Å². The van der Waals surface area contributed by atoms with Gasteiger partial charge >= 0.3 is 0 Å². The Balaban J connectivity index is 1.46. The molecule has 0 fully saturated rings. The number of aryl methyl sites for hydroxylation is 1. The minimum atomic E-state index is -0.222. The average molecular weight is 712 g/mol. The van der Waals surface area contributed by atoms with Crippen LogP contribution in [-0.4, -0.2) is 13.7 Å². The van der Waals surface area contributed by atoms with Crippen LogP contribution >= 0.6 is 0 Å². The van der Waals surface area contributed by atoms with Crippen LogP contribution in [0.25, 0.3) is 75.7 Å². The molecule has 0 amide bonds. The fourth-order valence-corrected chi connectivity index (χ4v) is 9.61. The summed E-state index contributed by atoms with van der Waals surface area (Å²) in [7, 11) is 0. The lowest BCUT2D eigenvalue weighted by atomic mass is 9.86. The first kappa shape index (κ1) is 35.5. The number of fused-ring (bicyclic) bond motifs is 1. The van der Waals surface area contributed by atoms with E-state index in [0.29, 0.717) is 34.6 Å². The third kappa shape index (κ3) is 5.51. The van der Waals surface area contributed by atoms with Crippen molar-refractivity contribution in [3.63, 3.8) is 0 Å². The first-order chi connectivity index (χ1) is 25.7. The van der Waals surface area contributed by atoms with E-state index in [1.54, 1.807) is 0 Å². The normalized spacial score (nSPS) is 13.9. The molecule has 7 nitrogen and oxygen atoms in total. The fourth-order valence-electron chi connectivity index (χ4n) is 9.61. The molecule has 0 spiro atoms. The van der Waals surface area contributed by atoms with Crippen LogP contribution in [0, 0.1) is 11.8 Å². The summed E-state index contributed by atoms with van der Waals surface area (Å²) < 4.78 is 5.30. The Morgan fingerprint density at radius 3 is 1.28 bits per heavy atom. The summed E-state index contributed by atoms with van der Waals surface area (Å²) in [5.74, 6) is 0.412. The minimum Gasteiger partial charge on any atom is -0.340 e. The number of nitrogens with zero attached hydrogens (tertiary/aromatic N) is 3. The molecule has 7 heteroatoms. The molecule has 0 N–H and O–H groups in total. The molecule has 5 aromatic carbocycles. The monoisotopic (exact) mass is 711 g/mol. The summed E-state index contributed by atoms with van der Waals surface area (Å²) in [5.41, 5.74) is 1.04. The molecule has 3 heterocycles. The van der Waals surface area contributed by atoms with Gasteiger partial charge in [-0.05, 0) is 66.1 Å². The molecular weight excluding hydrogens is 659 g/mol. The SMILES string of the molecule is CCCCCCCCn1c2cc3c(=O)n(CC(C)CCCC)c(=O)c4ccc5c6ccc7c(=O)n(CC(C)CCCC)c(=O)c8cc1c(c6c78)c2c5c43. The Morgan fingerprint density at radius 1 is 0.434 bits per heavy atom. The van der Waals surface area contributed by atoms with E-state index in [1.807, 2.05) is 36.4 Å². The van der Waals surface area contributed by atoms with Gasteiger partial charge in [0.25, 0.3) is 22.2 Å². The summed E-state index contributed by atoms with van der Waals surface area (Å²) in [5, 5.41) is 9.62. The summed E-state index contributed by atoms with van der Waals surface area (Å²) in [4.78, 5) is 57.4. The molecule has 3 aromatic heterocycles. The lowest BCUT2D eigenvalue weighted by molar-refractivity contribution is 0.425. The van der Waals surface area contributed by atoms with Gasteiger partial charge in [-0.1, -0.05) is 105 Å². The van der Waals surface area contributed by atoms with Crippen LogP contribution in [0.5, 0.6) is 0 Å². The van der Waals surface area contributed by atoms with Crippen molar-refractivity contribution in [2.75, 3.05) is 0 Å². The lowest BCUT2D eigenvalue weighted by Crippen LogP contribution is -2.35. The maximum atomic E-state index is 14.5. The number of unbranched alkanes of at least 4 members (excludes halogenated alkanes) is 7. The molecule has 0 bridgehead atoms. The maximum absolute atomic E-state index is 14.5. The van der Waals surface area contributed by atoms with Gasteiger partial charge in [-0.2, -0.15) is 0 Å². The van der Waals surface area contributed by atoms with Crippen molar-refractivity contribution in [1.82, 2.24) is 13.7 Å². The molecular formula is C46H53N3O4. The maximum Gasteiger partial charge on any atom is 0.261 e. The van der Waals surface area contributed by atoms with Crippen molar-refractivity contribution in [1.29, 1.82) is 0 Å². The highest BCUT2D eigenvalue weighted by molar-refractivity contribution is 6.45. The predicted octanol–water partition coefficient (Wildman–Crippen LogP) is 10.4. The lowest BCUT2D eigenvalue weighted by Gasteiger charge is -2.19. The quantitative estimate of drug-likeness (QED) is 0.0535. The molecule has 0 saturated carbocycles. The van der Waals surface area contributed by atoms with E-state index in [2.05, 4.69) is 39.2 Å². The standard InChI is InChI=1S/C46H53N3O4/c1-6-9-12-13-14-15-22-47-35-23-33-37-31(43(50)48(45(33)52)25-27(4)16-10-7-2)20-18-29-30-19-21-32-38-34(24-36(47)42(40(30)38)41(35)39(29)37)46(53)49(44(32)51)26-28(5)17-11-8-3/h18-21,23-24,27-28H,6-17,22,25-26H2,1-5H3. The number of hydrogen-bond donors (Lipinski definition) is 0. The largest absolute Gasteiger partial charge is 0.340 e. The zero-order valence-electron chi connectivity index (χ0n) is 32.2. The van der Waals surface area contributed by atoms with Crippen molar-refractivity contribution in [3.05, 3.63) is 77.8 Å². The fraction of sp³-hybridized carbons (Fsp3) is 0.478. The number of aromatic nitrogens is 3. The van der Waals surface area contributed by atoms with E-state index >= 15 is 0 Å². The molecule has 8 rings (SSSR count). The van der Waals surface area contributed by atoms with Gasteiger partial charge in [0, 0.05) is 62.7 Å². The van der Waals surface area contributed by atoms with Crippen LogP contribution in [0.4, 0.5) is 0 Å². The topological polar surface area (TPSA) is 83.1 Å². The van der Waals surface area contributed by atoms with Crippen LogP contribution in [0.2, 0.25) is 0 Å². The van der Waals surface area contributed by atoms with Crippen molar-refractivity contribution in [3.8, 4) is 0 Å². The second kappa shape index (κ2) is 14.0. The number of benzene rings is 5. The Labute approximate surface area is 309 Å². The van der Waals surface area contributed by atoms with Gasteiger partial charge in [0.05, 0.1) is 21.8 Å². The number of pyridine rings is 2. The van der Waals surface area contributed by atoms with E-state index < -0.39 is 0 Å². The molecule has 2 unspecified atom stereocenters. The Hall–Kier alpha value is -4.52. The average Bonchev–Trinajstić information content (AvgIpc) is 3.48. The predicted molar refractivity (Wildman–Crippen MR) is 224 cm³/mol. The molecule has 2 atom stereocenters. The van der Waals surface area contributed by atoms with Crippen LogP contribution in [-0.2, 0) is 19.6 Å². The summed E-state index contributed by atoms with van der Waals surface area (Å²) in [6.07, 6.45) is 13.1. The smallest absolute Gasteiger partial charge is 0.261 e. The van der Waals surface area contributed by atoms with Crippen molar-refractivity contribution < 1.29 is 0 Å². The van der Waals surface area contributed by atoms with E-state index in [0.717, 1.165) is 112 Å². The molecule has 53 heavy (non-hydrogen) atoms. The third-order valence-corrected chi connectivity index (χ3v) is 12.4. The van der Waals surface area contributed by atoms with Crippen molar-refractivity contribution in [2.45, 2.75) is 131 Å². The Bertz CT molecular complexity index is 2640. The van der Waals surface area contributed by atoms with Gasteiger partial charge in [-0.3, -0.25) is 28.3 Å². The first-order valence-electron chi connectivity index (χ1n) is 20.5. The van der Waals surface area contributed by atoms with Gasteiger partial charge in [-0.25, -0.2) is 0 Å². The van der Waals surface area contributed by atoms with E-state index in [-0.39, 0.29) is 34.1 Å². The zero-order chi connectivity index (χ0) is 37.1. The number of hydrogen-bond acceptors (Lipinski definition) is 4. The summed E-state index contributed by atoms with van der Waals surface area (Å²) in [6.45, 7) is 12.4. The molecule has 8 aromatic rings. The van der Waals surface area contributed by atoms with Gasteiger partial charge in [0.15, 0.2) is 0 Å². The molecule has 0 saturated heterocycles. The highest BCUT2D eigenvalue weighted by atomic mass is 16.2. The zero-order valence-corrected chi connectivity index (χ0v) is 32.2. The van der Waals surface area contributed by atoms with Gasteiger partial charge in [0.2, 0.25) is 0 Å². The van der Waals surface area contributed by atoms with Gasteiger partial charge in [0.1, 0.15) is 0 Å². The second-order valence-electron chi connectivity index (χ2n) is 16.3. The Kier molecular flexibility index (Phi) is 9.40. The van der Waals surface area contributed by atoms with Gasteiger partial charge in [-0.15, -0.1) is 0 Å².